The zero-order valence-electron chi connectivity index (χ0n) is 12.0. The predicted octanol–water partition coefficient (Wildman–Crippen LogP) is 3.03. The number of hydrogen-bond acceptors (Lipinski definition) is 4. The Bertz CT molecular complexity index is 922. The summed E-state index contributed by atoms with van der Waals surface area (Å²) in [7, 11) is 0. The molecule has 0 radical (unpaired) electrons. The van der Waals surface area contributed by atoms with Crippen LogP contribution in [-0.2, 0) is 6.42 Å². The van der Waals surface area contributed by atoms with Crippen LogP contribution < -0.4 is 5.73 Å². The van der Waals surface area contributed by atoms with Gasteiger partial charge in [0.2, 0.25) is 0 Å². The topological polar surface area (TPSA) is 93.5 Å². The van der Waals surface area contributed by atoms with Gasteiger partial charge in [-0.25, -0.2) is 19.2 Å². The van der Waals surface area contributed by atoms with Gasteiger partial charge in [-0.3, -0.25) is 4.40 Å². The molecule has 2 heterocycles. The number of nitrogens with zero attached hydrogens (tertiary/aromatic N) is 3. The summed E-state index contributed by atoms with van der Waals surface area (Å²) in [4.78, 5) is 19.6. The van der Waals surface area contributed by atoms with Crippen LogP contribution in [0.1, 0.15) is 23.1 Å². The van der Waals surface area contributed by atoms with Crippen LogP contribution in [0.3, 0.4) is 0 Å². The first kappa shape index (κ1) is 15.2. The fourth-order valence-corrected chi connectivity index (χ4v) is 2.78. The van der Waals surface area contributed by atoms with Crippen LogP contribution in [0.15, 0.2) is 24.3 Å². The van der Waals surface area contributed by atoms with Crippen LogP contribution in [0.2, 0.25) is 5.15 Å². The van der Waals surface area contributed by atoms with Gasteiger partial charge in [0.05, 0.1) is 5.69 Å². The molecule has 3 aromatic rings. The number of carboxylic acids is 1. The summed E-state index contributed by atoms with van der Waals surface area (Å²) in [6.45, 7) is 1.79. The first-order chi connectivity index (χ1) is 10.9. The van der Waals surface area contributed by atoms with E-state index in [-0.39, 0.29) is 28.1 Å². The highest BCUT2D eigenvalue weighted by atomic mass is 35.5. The van der Waals surface area contributed by atoms with Gasteiger partial charge >= 0.3 is 5.97 Å². The Kier molecular flexibility index (Phi) is 3.65. The normalized spacial score (nSPS) is 11.1. The summed E-state index contributed by atoms with van der Waals surface area (Å²) < 4.78 is 14.6. The maximum Gasteiger partial charge on any atom is 0.356 e. The van der Waals surface area contributed by atoms with E-state index in [0.29, 0.717) is 23.4 Å². The number of aromatic nitrogens is 3. The Morgan fingerprint density at radius 3 is 2.57 bits per heavy atom. The molecule has 0 aliphatic heterocycles. The van der Waals surface area contributed by atoms with E-state index >= 15 is 0 Å². The first-order valence-electron chi connectivity index (χ1n) is 6.79. The van der Waals surface area contributed by atoms with E-state index in [2.05, 4.69) is 9.97 Å². The number of imidazole rings is 1. The highest BCUT2D eigenvalue weighted by molar-refractivity contribution is 6.32. The number of carbonyl (C=O) groups is 1. The molecule has 3 rings (SSSR count). The van der Waals surface area contributed by atoms with Crippen molar-refractivity contribution in [2.75, 3.05) is 5.73 Å². The quantitative estimate of drug-likeness (QED) is 0.767. The summed E-state index contributed by atoms with van der Waals surface area (Å²) in [5.74, 6) is -1.50. The molecule has 0 aliphatic rings. The second-order valence-electron chi connectivity index (χ2n) is 4.87. The monoisotopic (exact) mass is 334 g/mol. The van der Waals surface area contributed by atoms with Gasteiger partial charge in [0.25, 0.3) is 0 Å². The van der Waals surface area contributed by atoms with Crippen LogP contribution in [0, 0.1) is 5.82 Å². The van der Waals surface area contributed by atoms with Gasteiger partial charge in [-0.2, -0.15) is 0 Å². The Balaban J connectivity index is 2.36. The van der Waals surface area contributed by atoms with Crippen molar-refractivity contribution in [3.63, 3.8) is 0 Å². The minimum Gasteiger partial charge on any atom is -0.476 e. The van der Waals surface area contributed by atoms with E-state index in [1.165, 1.54) is 28.7 Å². The minimum absolute atomic E-state index is 0.0518. The van der Waals surface area contributed by atoms with Crippen molar-refractivity contribution < 1.29 is 14.3 Å². The Labute approximate surface area is 135 Å². The largest absolute Gasteiger partial charge is 0.476 e. The first-order valence-corrected chi connectivity index (χ1v) is 7.17. The van der Waals surface area contributed by atoms with Gasteiger partial charge in [-0.1, -0.05) is 18.5 Å². The van der Waals surface area contributed by atoms with Gasteiger partial charge < -0.3 is 10.8 Å². The minimum atomic E-state index is -1.16. The van der Waals surface area contributed by atoms with E-state index in [1.54, 1.807) is 6.92 Å². The molecule has 8 heteroatoms. The fourth-order valence-electron chi connectivity index (χ4n) is 2.45. The molecule has 23 heavy (non-hydrogen) atoms. The summed E-state index contributed by atoms with van der Waals surface area (Å²) in [6.07, 6.45) is 0.398. The number of rotatable bonds is 3. The molecule has 0 saturated heterocycles. The van der Waals surface area contributed by atoms with Crippen molar-refractivity contribution in [1.29, 1.82) is 0 Å². The van der Waals surface area contributed by atoms with Crippen LogP contribution in [0.4, 0.5) is 10.2 Å². The number of carboxylic acid groups (broad SMARTS) is 1. The van der Waals surface area contributed by atoms with Gasteiger partial charge in [0, 0.05) is 5.56 Å². The highest BCUT2D eigenvalue weighted by Crippen LogP contribution is 2.31. The third-order valence-corrected chi connectivity index (χ3v) is 3.83. The van der Waals surface area contributed by atoms with Crippen LogP contribution in [0.25, 0.3) is 16.9 Å². The molecule has 6 nitrogen and oxygen atoms in total. The standard InChI is InChI=1S/C15H12ClFN4O2/c1-2-9-11(15(22)23)20-14-13(18)19-10(12(16)21(9)14)7-3-5-8(17)6-4-7/h3-6H,2H2,1H3,(H2,18,19)(H,22,23). The molecule has 3 N–H and O–H groups in total. The summed E-state index contributed by atoms with van der Waals surface area (Å²) in [5, 5.41) is 9.45. The van der Waals surface area contributed by atoms with Crippen LogP contribution in [-0.4, -0.2) is 25.4 Å². The molecule has 2 aromatic heterocycles. The lowest BCUT2D eigenvalue weighted by molar-refractivity contribution is 0.0690. The van der Waals surface area contributed by atoms with Crippen molar-refractivity contribution in [2.24, 2.45) is 0 Å². The number of nitrogens with two attached hydrogens (primary N) is 1. The number of halogens is 2. The van der Waals surface area contributed by atoms with Crippen molar-refractivity contribution in [2.45, 2.75) is 13.3 Å². The number of anilines is 1. The molecule has 0 spiro atoms. The zero-order chi connectivity index (χ0) is 16.7. The molecule has 0 fully saturated rings. The Morgan fingerprint density at radius 2 is 2.00 bits per heavy atom. The lowest BCUT2D eigenvalue weighted by Crippen LogP contribution is -2.05. The maximum atomic E-state index is 13.1. The Morgan fingerprint density at radius 1 is 1.35 bits per heavy atom. The summed E-state index contributed by atoms with van der Waals surface area (Å²) >= 11 is 6.41. The van der Waals surface area contributed by atoms with Crippen molar-refractivity contribution in [3.05, 3.63) is 46.6 Å². The van der Waals surface area contributed by atoms with Crippen molar-refractivity contribution in [1.82, 2.24) is 14.4 Å². The van der Waals surface area contributed by atoms with Gasteiger partial charge in [-0.05, 0) is 30.7 Å². The number of aromatic carboxylic acids is 1. The third kappa shape index (κ3) is 2.39. The van der Waals surface area contributed by atoms with E-state index in [0.717, 1.165) is 0 Å². The number of fused-ring (bicyclic) bond motifs is 1. The van der Waals surface area contributed by atoms with Crippen LogP contribution >= 0.6 is 11.6 Å². The summed E-state index contributed by atoms with van der Waals surface area (Å²) in [5.41, 5.74) is 7.32. The second kappa shape index (κ2) is 5.51. The number of hydrogen-bond donors (Lipinski definition) is 2. The van der Waals surface area contributed by atoms with E-state index in [4.69, 9.17) is 17.3 Å². The van der Waals surface area contributed by atoms with Crippen LogP contribution in [0.5, 0.6) is 0 Å². The van der Waals surface area contributed by atoms with E-state index in [1.807, 2.05) is 0 Å². The molecule has 0 atom stereocenters. The molecule has 1 aromatic carbocycles. The fraction of sp³-hybridized carbons (Fsp3) is 0.133. The second-order valence-corrected chi connectivity index (χ2v) is 5.23. The average Bonchev–Trinajstić information content (AvgIpc) is 2.92. The highest BCUT2D eigenvalue weighted by Gasteiger charge is 2.23. The molecule has 0 unspecified atom stereocenters. The Hall–Kier alpha value is -2.67. The zero-order valence-corrected chi connectivity index (χ0v) is 12.8. The third-order valence-electron chi connectivity index (χ3n) is 3.48. The molecule has 0 saturated carbocycles. The number of aryl methyl sites for hydroxylation is 1. The van der Waals surface area contributed by atoms with E-state index in [9.17, 15) is 14.3 Å². The molecular formula is C15H12ClFN4O2. The average molecular weight is 335 g/mol. The SMILES string of the molecule is CCc1c(C(=O)O)nc2c(N)nc(-c3ccc(F)cc3)c(Cl)n12. The predicted molar refractivity (Wildman–Crippen MR) is 84.1 cm³/mol. The number of nitrogen functional groups attached to an aromatic ring is 1. The number of benzene rings is 1. The van der Waals surface area contributed by atoms with Gasteiger partial charge in [0.1, 0.15) is 16.7 Å². The van der Waals surface area contributed by atoms with Crippen molar-refractivity contribution >= 4 is 29.0 Å². The maximum absolute atomic E-state index is 13.1. The molecule has 0 bridgehead atoms. The smallest absolute Gasteiger partial charge is 0.356 e. The summed E-state index contributed by atoms with van der Waals surface area (Å²) in [6, 6.07) is 5.61. The molecular weight excluding hydrogens is 323 g/mol. The van der Waals surface area contributed by atoms with E-state index < -0.39 is 5.97 Å². The van der Waals surface area contributed by atoms with Crippen molar-refractivity contribution in [3.8, 4) is 11.3 Å². The lowest BCUT2D eigenvalue weighted by Gasteiger charge is -2.10. The van der Waals surface area contributed by atoms with Gasteiger partial charge in [-0.15, -0.1) is 0 Å². The molecule has 118 valence electrons. The lowest BCUT2D eigenvalue weighted by atomic mass is 10.1. The van der Waals surface area contributed by atoms with Gasteiger partial charge in [0.15, 0.2) is 17.2 Å². The molecule has 0 amide bonds. The molecule has 0 aliphatic carbocycles.